The van der Waals surface area contributed by atoms with Crippen LogP contribution < -0.4 is 5.73 Å². The lowest BCUT2D eigenvalue weighted by Gasteiger charge is -2.27. The highest BCUT2D eigenvalue weighted by atomic mass is 127. The number of nitrogens with zero attached hydrogens (tertiary/aromatic N) is 2. The highest BCUT2D eigenvalue weighted by Crippen LogP contribution is 2.27. The molecule has 0 radical (unpaired) electrons. The zero-order chi connectivity index (χ0) is 12.6. The smallest absolute Gasteiger partial charge is 0.191 e. The second kappa shape index (κ2) is 9.83. The summed E-state index contributed by atoms with van der Waals surface area (Å²) in [6.07, 6.45) is 13.7. The predicted octanol–water partition coefficient (Wildman–Crippen LogP) is 3.77. The Morgan fingerprint density at radius 3 is 2.32 bits per heavy atom. The Balaban J connectivity index is 0.00000180. The Bertz CT molecular complexity index is 256. The number of piperidine rings is 1. The summed E-state index contributed by atoms with van der Waals surface area (Å²) < 4.78 is 0. The van der Waals surface area contributed by atoms with E-state index in [1.807, 2.05) is 0 Å². The highest BCUT2D eigenvalue weighted by molar-refractivity contribution is 14.0. The summed E-state index contributed by atoms with van der Waals surface area (Å²) in [5.74, 6) is 1.77. The number of rotatable bonds is 4. The standard InChI is InChI=1S/C15H29N3.HI/c16-15(18-12-5-2-6-13-18)17-11-7-10-14-8-3-1-4-9-14;/h14H,1-13H2,(H2,16,17);1H. The Hall–Kier alpha value is 0. The third kappa shape index (κ3) is 6.32. The van der Waals surface area contributed by atoms with Gasteiger partial charge in [0.05, 0.1) is 0 Å². The highest BCUT2D eigenvalue weighted by Gasteiger charge is 2.13. The van der Waals surface area contributed by atoms with Gasteiger partial charge in [0, 0.05) is 19.6 Å². The van der Waals surface area contributed by atoms with E-state index < -0.39 is 0 Å². The lowest BCUT2D eigenvalue weighted by atomic mass is 9.86. The van der Waals surface area contributed by atoms with Crippen molar-refractivity contribution in [3.05, 3.63) is 0 Å². The molecule has 1 saturated heterocycles. The van der Waals surface area contributed by atoms with Crippen LogP contribution in [-0.2, 0) is 0 Å². The van der Waals surface area contributed by atoms with E-state index in [-0.39, 0.29) is 24.0 Å². The van der Waals surface area contributed by atoms with Crippen LogP contribution in [0.2, 0.25) is 0 Å². The second-order valence-electron chi connectivity index (χ2n) is 5.93. The molecule has 2 fully saturated rings. The number of nitrogens with two attached hydrogens (primary N) is 1. The first-order chi connectivity index (χ1) is 8.86. The molecule has 2 aliphatic rings. The molecule has 1 aliphatic heterocycles. The van der Waals surface area contributed by atoms with Crippen molar-refractivity contribution in [2.75, 3.05) is 19.6 Å². The predicted molar refractivity (Wildman–Crippen MR) is 93.1 cm³/mol. The van der Waals surface area contributed by atoms with E-state index in [0.29, 0.717) is 0 Å². The molecule has 0 bridgehead atoms. The summed E-state index contributed by atoms with van der Waals surface area (Å²) in [6.45, 7) is 3.15. The van der Waals surface area contributed by atoms with E-state index in [4.69, 9.17) is 5.73 Å². The molecule has 3 nitrogen and oxygen atoms in total. The van der Waals surface area contributed by atoms with Crippen LogP contribution in [0.1, 0.15) is 64.2 Å². The fraction of sp³-hybridized carbons (Fsp3) is 0.933. The van der Waals surface area contributed by atoms with Gasteiger partial charge in [-0.25, -0.2) is 0 Å². The largest absolute Gasteiger partial charge is 0.370 e. The van der Waals surface area contributed by atoms with E-state index in [2.05, 4.69) is 9.89 Å². The molecule has 0 aromatic rings. The van der Waals surface area contributed by atoms with Crippen molar-refractivity contribution < 1.29 is 0 Å². The molecular weight excluding hydrogens is 349 g/mol. The van der Waals surface area contributed by atoms with E-state index in [0.717, 1.165) is 31.5 Å². The molecule has 0 aromatic carbocycles. The molecule has 19 heavy (non-hydrogen) atoms. The van der Waals surface area contributed by atoms with Gasteiger partial charge in [-0.2, -0.15) is 0 Å². The van der Waals surface area contributed by atoms with Gasteiger partial charge in [0.1, 0.15) is 0 Å². The summed E-state index contributed by atoms with van der Waals surface area (Å²) in [5.41, 5.74) is 6.04. The number of aliphatic imine (C=N–C) groups is 1. The van der Waals surface area contributed by atoms with Gasteiger partial charge in [-0.3, -0.25) is 4.99 Å². The zero-order valence-electron chi connectivity index (χ0n) is 12.1. The first-order valence-electron chi connectivity index (χ1n) is 7.91. The molecule has 1 saturated carbocycles. The molecule has 0 aromatic heterocycles. The SMILES string of the molecule is I.NC(=NCCCC1CCCCC1)N1CCCCC1. The summed E-state index contributed by atoms with van der Waals surface area (Å²) in [4.78, 5) is 6.81. The maximum atomic E-state index is 6.04. The van der Waals surface area contributed by atoms with Gasteiger partial charge in [0.15, 0.2) is 5.96 Å². The van der Waals surface area contributed by atoms with Gasteiger partial charge in [-0.15, -0.1) is 24.0 Å². The first kappa shape index (κ1) is 17.1. The molecule has 0 amide bonds. The van der Waals surface area contributed by atoms with Crippen LogP contribution in [0.3, 0.4) is 0 Å². The fourth-order valence-corrected chi connectivity index (χ4v) is 3.27. The van der Waals surface area contributed by atoms with E-state index in [1.54, 1.807) is 0 Å². The number of halogens is 1. The molecule has 4 heteroatoms. The Labute approximate surface area is 135 Å². The van der Waals surface area contributed by atoms with Crippen LogP contribution in [0.5, 0.6) is 0 Å². The zero-order valence-corrected chi connectivity index (χ0v) is 14.5. The minimum absolute atomic E-state index is 0. The Morgan fingerprint density at radius 1 is 1.00 bits per heavy atom. The van der Waals surface area contributed by atoms with Crippen molar-refractivity contribution in [3.8, 4) is 0 Å². The molecule has 2 N–H and O–H groups in total. The molecule has 2 rings (SSSR count). The minimum atomic E-state index is 0. The van der Waals surface area contributed by atoms with Crippen LogP contribution >= 0.6 is 24.0 Å². The normalized spacial score (nSPS) is 22.1. The summed E-state index contributed by atoms with van der Waals surface area (Å²) >= 11 is 0. The third-order valence-electron chi connectivity index (χ3n) is 4.45. The minimum Gasteiger partial charge on any atom is -0.370 e. The van der Waals surface area contributed by atoms with Gasteiger partial charge in [0.25, 0.3) is 0 Å². The average Bonchev–Trinajstić information content (AvgIpc) is 2.45. The first-order valence-corrected chi connectivity index (χ1v) is 7.91. The molecule has 0 unspecified atom stereocenters. The quantitative estimate of drug-likeness (QED) is 0.350. The molecule has 1 aliphatic carbocycles. The number of hydrogen-bond acceptors (Lipinski definition) is 1. The average molecular weight is 379 g/mol. The van der Waals surface area contributed by atoms with Gasteiger partial charge in [-0.05, 0) is 38.0 Å². The van der Waals surface area contributed by atoms with Crippen molar-refractivity contribution in [1.29, 1.82) is 0 Å². The van der Waals surface area contributed by atoms with Crippen molar-refractivity contribution in [2.24, 2.45) is 16.6 Å². The van der Waals surface area contributed by atoms with Crippen molar-refractivity contribution in [1.82, 2.24) is 4.90 Å². The van der Waals surface area contributed by atoms with Crippen LogP contribution in [0.25, 0.3) is 0 Å². The molecule has 112 valence electrons. The monoisotopic (exact) mass is 379 g/mol. The molecule has 0 spiro atoms. The van der Waals surface area contributed by atoms with Crippen LogP contribution in [0, 0.1) is 5.92 Å². The van der Waals surface area contributed by atoms with E-state index >= 15 is 0 Å². The van der Waals surface area contributed by atoms with Crippen LogP contribution in [-0.4, -0.2) is 30.5 Å². The Morgan fingerprint density at radius 2 is 1.63 bits per heavy atom. The number of hydrogen-bond donors (Lipinski definition) is 1. The van der Waals surface area contributed by atoms with Gasteiger partial charge in [0.2, 0.25) is 0 Å². The molecular formula is C15H30IN3. The third-order valence-corrected chi connectivity index (χ3v) is 4.45. The number of guanidine groups is 1. The maximum Gasteiger partial charge on any atom is 0.191 e. The van der Waals surface area contributed by atoms with Crippen molar-refractivity contribution in [2.45, 2.75) is 64.2 Å². The van der Waals surface area contributed by atoms with Crippen LogP contribution in [0.15, 0.2) is 4.99 Å². The maximum absolute atomic E-state index is 6.04. The van der Waals surface area contributed by atoms with Crippen molar-refractivity contribution in [3.63, 3.8) is 0 Å². The number of likely N-dealkylation sites (tertiary alicyclic amines) is 1. The van der Waals surface area contributed by atoms with Gasteiger partial charge < -0.3 is 10.6 Å². The fourth-order valence-electron chi connectivity index (χ4n) is 3.27. The van der Waals surface area contributed by atoms with Gasteiger partial charge in [-0.1, -0.05) is 32.1 Å². The second-order valence-corrected chi connectivity index (χ2v) is 5.93. The Kier molecular flexibility index (Phi) is 8.83. The summed E-state index contributed by atoms with van der Waals surface area (Å²) in [7, 11) is 0. The van der Waals surface area contributed by atoms with Gasteiger partial charge >= 0.3 is 0 Å². The van der Waals surface area contributed by atoms with E-state index in [1.165, 1.54) is 64.2 Å². The van der Waals surface area contributed by atoms with E-state index in [9.17, 15) is 0 Å². The topological polar surface area (TPSA) is 41.6 Å². The summed E-state index contributed by atoms with van der Waals surface area (Å²) in [5, 5.41) is 0. The molecule has 0 atom stereocenters. The molecule has 1 heterocycles. The van der Waals surface area contributed by atoms with Crippen molar-refractivity contribution >= 4 is 29.9 Å². The lowest BCUT2D eigenvalue weighted by Crippen LogP contribution is -2.40. The van der Waals surface area contributed by atoms with Crippen LogP contribution in [0.4, 0.5) is 0 Å². The summed E-state index contributed by atoms with van der Waals surface area (Å²) in [6, 6.07) is 0. The lowest BCUT2D eigenvalue weighted by molar-refractivity contribution is 0.330.